The Hall–Kier alpha value is -2.84. The van der Waals surface area contributed by atoms with Crippen molar-refractivity contribution in [3.05, 3.63) is 59.5 Å². The van der Waals surface area contributed by atoms with Gasteiger partial charge in [0.15, 0.2) is 6.61 Å². The van der Waals surface area contributed by atoms with Crippen LogP contribution in [0.2, 0.25) is 0 Å². The summed E-state index contributed by atoms with van der Waals surface area (Å²) in [6, 6.07) is 8.77. The number of hydrogen-bond donors (Lipinski definition) is 2. The Bertz CT molecular complexity index is 827. The first-order valence-corrected chi connectivity index (χ1v) is 9.24. The average Bonchev–Trinajstić information content (AvgIpc) is 3.13. The van der Waals surface area contributed by atoms with Gasteiger partial charge < -0.3 is 15.4 Å². The van der Waals surface area contributed by atoms with Crippen LogP contribution >= 0.6 is 0 Å². The van der Waals surface area contributed by atoms with Crippen molar-refractivity contribution >= 4 is 6.03 Å². The summed E-state index contributed by atoms with van der Waals surface area (Å²) in [5, 5.41) is 5.62. The van der Waals surface area contributed by atoms with E-state index in [1.165, 1.54) is 24.4 Å². The van der Waals surface area contributed by atoms with Gasteiger partial charge in [0.1, 0.15) is 5.82 Å². The quantitative estimate of drug-likeness (QED) is 0.697. The fourth-order valence-corrected chi connectivity index (χ4v) is 3.44. The molecule has 1 aliphatic rings. The summed E-state index contributed by atoms with van der Waals surface area (Å²) in [5.74, 6) is -0.344. The zero-order chi connectivity index (χ0) is 20.9. The minimum absolute atomic E-state index is 0.0661. The van der Waals surface area contributed by atoms with Crippen molar-refractivity contribution in [2.75, 3.05) is 6.61 Å². The molecule has 2 aromatic rings. The lowest BCUT2D eigenvalue weighted by Crippen LogP contribution is -2.42. The lowest BCUT2D eigenvalue weighted by Gasteiger charge is -2.21. The standard InChI is InChI=1S/C20H21F4N3O2/c21-15-6-4-14(5-7-15)16-2-1-3-17(16)27-19(28)26-11-13-8-9-25-18(10-13)29-12-20(22,23)24/h4-10,16-17H,1-3,11-12H2,(H2,26,27,28)/t16-,17?/m0/s1. The summed E-state index contributed by atoms with van der Waals surface area (Å²) < 4.78 is 54.4. The van der Waals surface area contributed by atoms with E-state index in [9.17, 15) is 22.4 Å². The summed E-state index contributed by atoms with van der Waals surface area (Å²) >= 11 is 0. The molecule has 1 heterocycles. The highest BCUT2D eigenvalue weighted by Crippen LogP contribution is 2.34. The van der Waals surface area contributed by atoms with Gasteiger partial charge in [-0.1, -0.05) is 18.6 Å². The monoisotopic (exact) mass is 411 g/mol. The summed E-state index contributed by atoms with van der Waals surface area (Å²) in [5.41, 5.74) is 1.55. The largest absolute Gasteiger partial charge is 0.468 e. The molecule has 0 bridgehead atoms. The first kappa shape index (κ1) is 20.9. The van der Waals surface area contributed by atoms with Gasteiger partial charge >= 0.3 is 12.2 Å². The highest BCUT2D eigenvalue weighted by atomic mass is 19.4. The Labute approximate surface area is 165 Å². The Morgan fingerprint density at radius 1 is 1.17 bits per heavy atom. The molecular weight excluding hydrogens is 390 g/mol. The van der Waals surface area contributed by atoms with E-state index in [2.05, 4.69) is 20.4 Å². The van der Waals surface area contributed by atoms with Crippen molar-refractivity contribution in [1.82, 2.24) is 15.6 Å². The van der Waals surface area contributed by atoms with Crippen LogP contribution in [0.25, 0.3) is 0 Å². The van der Waals surface area contributed by atoms with Gasteiger partial charge in [0, 0.05) is 30.8 Å². The van der Waals surface area contributed by atoms with E-state index in [1.54, 1.807) is 18.2 Å². The topological polar surface area (TPSA) is 63.2 Å². The summed E-state index contributed by atoms with van der Waals surface area (Å²) in [6.45, 7) is -1.31. The minimum Gasteiger partial charge on any atom is -0.468 e. The predicted molar refractivity (Wildman–Crippen MR) is 97.9 cm³/mol. The van der Waals surface area contributed by atoms with Crippen LogP contribution in [0.5, 0.6) is 5.88 Å². The van der Waals surface area contributed by atoms with Gasteiger partial charge in [0.05, 0.1) is 0 Å². The molecular formula is C20H21F4N3O2. The number of amides is 2. The number of ether oxygens (including phenoxy) is 1. The number of benzene rings is 1. The fourth-order valence-electron chi connectivity index (χ4n) is 3.44. The number of hydrogen-bond acceptors (Lipinski definition) is 3. The van der Waals surface area contributed by atoms with Gasteiger partial charge in [-0.3, -0.25) is 0 Å². The Morgan fingerprint density at radius 2 is 1.93 bits per heavy atom. The molecule has 156 valence electrons. The lowest BCUT2D eigenvalue weighted by atomic mass is 9.94. The number of aromatic nitrogens is 1. The maximum Gasteiger partial charge on any atom is 0.422 e. The molecule has 5 nitrogen and oxygen atoms in total. The zero-order valence-electron chi connectivity index (χ0n) is 15.5. The number of carbonyl (C=O) groups excluding carboxylic acids is 1. The van der Waals surface area contributed by atoms with Crippen LogP contribution in [0.15, 0.2) is 42.6 Å². The molecule has 0 saturated heterocycles. The molecule has 2 N–H and O–H groups in total. The van der Waals surface area contributed by atoms with Crippen molar-refractivity contribution in [1.29, 1.82) is 0 Å². The van der Waals surface area contributed by atoms with Gasteiger partial charge in [-0.2, -0.15) is 13.2 Å². The van der Waals surface area contributed by atoms with Gasteiger partial charge in [-0.05, 0) is 42.2 Å². The highest BCUT2D eigenvalue weighted by Gasteiger charge is 2.30. The molecule has 29 heavy (non-hydrogen) atoms. The number of halogens is 4. The van der Waals surface area contributed by atoms with E-state index in [4.69, 9.17) is 0 Å². The van der Waals surface area contributed by atoms with Gasteiger partial charge in [-0.25, -0.2) is 14.2 Å². The maximum absolute atomic E-state index is 13.1. The zero-order valence-corrected chi connectivity index (χ0v) is 15.5. The van der Waals surface area contributed by atoms with Crippen LogP contribution in [-0.2, 0) is 6.54 Å². The van der Waals surface area contributed by atoms with E-state index >= 15 is 0 Å². The molecule has 2 atom stereocenters. The summed E-state index contributed by atoms with van der Waals surface area (Å²) in [4.78, 5) is 16.0. The van der Waals surface area contributed by atoms with Crippen molar-refractivity contribution in [3.8, 4) is 5.88 Å². The highest BCUT2D eigenvalue weighted by molar-refractivity contribution is 5.74. The van der Waals surface area contributed by atoms with Crippen LogP contribution in [0.3, 0.4) is 0 Å². The summed E-state index contributed by atoms with van der Waals surface area (Å²) in [7, 11) is 0. The van der Waals surface area contributed by atoms with Gasteiger partial charge in [0.25, 0.3) is 0 Å². The molecule has 1 unspecified atom stereocenters. The molecule has 3 rings (SSSR count). The minimum atomic E-state index is -4.45. The van der Waals surface area contributed by atoms with Crippen LogP contribution in [0.4, 0.5) is 22.4 Å². The Kier molecular flexibility index (Phi) is 6.56. The van der Waals surface area contributed by atoms with Crippen LogP contribution in [-0.4, -0.2) is 29.8 Å². The third-order valence-corrected chi connectivity index (χ3v) is 4.77. The predicted octanol–water partition coefficient (Wildman–Crippen LogP) is 4.30. The van der Waals surface area contributed by atoms with E-state index in [1.807, 2.05) is 0 Å². The van der Waals surface area contributed by atoms with E-state index in [-0.39, 0.29) is 36.2 Å². The third kappa shape index (κ3) is 6.33. The molecule has 0 radical (unpaired) electrons. The number of urea groups is 1. The van der Waals surface area contributed by atoms with Crippen LogP contribution < -0.4 is 15.4 Å². The van der Waals surface area contributed by atoms with E-state index < -0.39 is 12.8 Å². The second-order valence-electron chi connectivity index (χ2n) is 6.93. The number of rotatable bonds is 6. The average molecular weight is 411 g/mol. The van der Waals surface area contributed by atoms with E-state index in [0.717, 1.165) is 24.8 Å². The fraction of sp³-hybridized carbons (Fsp3) is 0.400. The second-order valence-corrected chi connectivity index (χ2v) is 6.93. The molecule has 1 aromatic heterocycles. The van der Waals surface area contributed by atoms with Crippen molar-refractivity contribution in [2.45, 2.75) is 43.9 Å². The Morgan fingerprint density at radius 3 is 2.66 bits per heavy atom. The molecule has 2 amide bonds. The number of carbonyl (C=O) groups is 1. The normalized spacial score (nSPS) is 19.0. The molecule has 0 aliphatic heterocycles. The van der Waals surface area contributed by atoms with Gasteiger partial charge in [-0.15, -0.1) is 0 Å². The Balaban J connectivity index is 1.51. The van der Waals surface area contributed by atoms with E-state index in [0.29, 0.717) is 5.56 Å². The van der Waals surface area contributed by atoms with Gasteiger partial charge in [0.2, 0.25) is 5.88 Å². The smallest absolute Gasteiger partial charge is 0.422 e. The van der Waals surface area contributed by atoms with Crippen molar-refractivity contribution in [3.63, 3.8) is 0 Å². The lowest BCUT2D eigenvalue weighted by molar-refractivity contribution is -0.154. The SMILES string of the molecule is O=C(NCc1ccnc(OCC(F)(F)F)c1)NC1CCC[C@H]1c1ccc(F)cc1. The summed E-state index contributed by atoms with van der Waals surface area (Å²) in [6.07, 6.45) is -0.446. The molecule has 0 spiro atoms. The number of nitrogens with zero attached hydrogens (tertiary/aromatic N) is 1. The molecule has 1 aliphatic carbocycles. The second kappa shape index (κ2) is 9.11. The molecule has 9 heteroatoms. The number of nitrogens with one attached hydrogen (secondary N) is 2. The molecule has 1 aromatic carbocycles. The first-order valence-electron chi connectivity index (χ1n) is 9.24. The number of pyridine rings is 1. The van der Waals surface area contributed by atoms with Crippen molar-refractivity contribution < 1.29 is 27.1 Å². The number of alkyl halides is 3. The van der Waals surface area contributed by atoms with Crippen molar-refractivity contribution in [2.24, 2.45) is 0 Å². The first-order chi connectivity index (χ1) is 13.8. The molecule has 1 fully saturated rings. The third-order valence-electron chi connectivity index (χ3n) is 4.77. The van der Waals surface area contributed by atoms with Crippen LogP contribution in [0.1, 0.15) is 36.3 Å². The molecule has 1 saturated carbocycles. The van der Waals surface area contributed by atoms with Crippen LogP contribution in [0, 0.1) is 5.82 Å². The maximum atomic E-state index is 13.1.